The van der Waals surface area contributed by atoms with Crippen molar-refractivity contribution in [3.05, 3.63) is 76.9 Å². The summed E-state index contributed by atoms with van der Waals surface area (Å²) in [7, 11) is -2.65. The maximum Gasteiger partial charge on any atom is 0.271 e. The number of para-hydroxylation sites is 1. The summed E-state index contributed by atoms with van der Waals surface area (Å²) in [6, 6.07) is 10.9. The van der Waals surface area contributed by atoms with Gasteiger partial charge in [-0.2, -0.15) is 0 Å². The van der Waals surface area contributed by atoms with E-state index in [4.69, 9.17) is 4.74 Å². The van der Waals surface area contributed by atoms with Crippen molar-refractivity contribution < 1.29 is 22.9 Å². The summed E-state index contributed by atoms with van der Waals surface area (Å²) in [6.07, 6.45) is 5.93. The van der Waals surface area contributed by atoms with Crippen LogP contribution in [-0.2, 0) is 21.4 Å². The summed E-state index contributed by atoms with van der Waals surface area (Å²) in [4.78, 5) is 27.2. The fourth-order valence-corrected chi connectivity index (χ4v) is 3.91. The van der Waals surface area contributed by atoms with E-state index >= 15 is 0 Å². The molecule has 3 rings (SSSR count). The van der Waals surface area contributed by atoms with Crippen molar-refractivity contribution in [3.63, 3.8) is 0 Å². The van der Waals surface area contributed by atoms with Crippen molar-refractivity contribution in [2.45, 2.75) is 6.54 Å². The van der Waals surface area contributed by atoms with Crippen LogP contribution in [0.1, 0.15) is 5.56 Å². The van der Waals surface area contributed by atoms with Gasteiger partial charge in [-0.05, 0) is 17.7 Å². The second-order valence-corrected chi connectivity index (χ2v) is 8.67. The molecule has 168 valence electrons. The van der Waals surface area contributed by atoms with Crippen LogP contribution >= 0.6 is 0 Å². The predicted octanol–water partition coefficient (Wildman–Crippen LogP) is 1.87. The molecule has 0 bridgehead atoms. The van der Waals surface area contributed by atoms with Gasteiger partial charge in [0.15, 0.2) is 0 Å². The number of methoxy groups -OCH3 is 1. The number of nitro benzene ring substituents is 1. The molecule has 0 spiro atoms. The third kappa shape index (κ3) is 5.21. The van der Waals surface area contributed by atoms with Crippen LogP contribution in [0.25, 0.3) is 5.69 Å². The van der Waals surface area contributed by atoms with Crippen LogP contribution in [0.3, 0.4) is 0 Å². The number of rotatable bonds is 9. The van der Waals surface area contributed by atoms with Crippen LogP contribution in [0.2, 0.25) is 0 Å². The van der Waals surface area contributed by atoms with Gasteiger partial charge in [-0.3, -0.25) is 19.2 Å². The zero-order valence-electron chi connectivity index (χ0n) is 17.3. The first-order valence-corrected chi connectivity index (χ1v) is 11.2. The van der Waals surface area contributed by atoms with Gasteiger partial charge in [0, 0.05) is 31.1 Å². The second kappa shape index (κ2) is 9.47. The van der Waals surface area contributed by atoms with Crippen molar-refractivity contribution in [1.29, 1.82) is 0 Å². The summed E-state index contributed by atoms with van der Waals surface area (Å²) >= 11 is 0. The first-order chi connectivity index (χ1) is 15.2. The molecule has 0 saturated carbocycles. The van der Waals surface area contributed by atoms with Gasteiger partial charge in [0.25, 0.3) is 5.69 Å². The quantitative estimate of drug-likeness (QED) is 0.381. The zero-order chi connectivity index (χ0) is 23.3. The van der Waals surface area contributed by atoms with E-state index < -0.39 is 27.4 Å². The van der Waals surface area contributed by atoms with Crippen molar-refractivity contribution in [2.75, 3.05) is 24.2 Å². The highest BCUT2D eigenvalue weighted by Crippen LogP contribution is 2.33. The van der Waals surface area contributed by atoms with E-state index in [1.165, 1.54) is 19.2 Å². The number of nitrogens with zero attached hydrogens (tertiary/aromatic N) is 4. The molecule has 0 radical (unpaired) electrons. The van der Waals surface area contributed by atoms with Gasteiger partial charge in [0.1, 0.15) is 18.0 Å². The molecule has 0 aliphatic carbocycles. The Morgan fingerprint density at radius 1 is 1.28 bits per heavy atom. The number of nitrogens with one attached hydrogen (secondary N) is 1. The largest absolute Gasteiger partial charge is 0.495 e. The Labute approximate surface area is 184 Å². The topological polar surface area (TPSA) is 137 Å². The Kier molecular flexibility index (Phi) is 6.73. The number of imidazole rings is 1. The molecule has 0 aliphatic rings. The monoisotopic (exact) mass is 459 g/mol. The Balaban J connectivity index is 1.82. The molecule has 0 unspecified atom stereocenters. The lowest BCUT2D eigenvalue weighted by Gasteiger charge is -2.23. The molecule has 0 saturated heterocycles. The zero-order valence-corrected chi connectivity index (χ0v) is 18.2. The van der Waals surface area contributed by atoms with E-state index in [0.717, 1.165) is 27.9 Å². The average Bonchev–Trinajstić information content (AvgIpc) is 3.29. The van der Waals surface area contributed by atoms with Gasteiger partial charge in [-0.1, -0.05) is 18.2 Å². The summed E-state index contributed by atoms with van der Waals surface area (Å²) in [5.74, 6) is -0.510. The minimum absolute atomic E-state index is 0.0827. The second-order valence-electron chi connectivity index (χ2n) is 6.76. The van der Waals surface area contributed by atoms with Crippen LogP contribution < -0.4 is 14.4 Å². The van der Waals surface area contributed by atoms with Crippen LogP contribution in [0.15, 0.2) is 61.2 Å². The first-order valence-electron chi connectivity index (χ1n) is 9.34. The molecule has 11 nitrogen and oxygen atoms in total. The molecule has 3 aromatic rings. The molecular formula is C20H21N5O6S. The molecule has 1 aromatic heterocycles. The lowest BCUT2D eigenvalue weighted by Crippen LogP contribution is -2.40. The van der Waals surface area contributed by atoms with Gasteiger partial charge in [-0.25, -0.2) is 13.4 Å². The summed E-state index contributed by atoms with van der Waals surface area (Å²) in [5, 5.41) is 13.8. The normalized spacial score (nSPS) is 11.1. The highest BCUT2D eigenvalue weighted by Gasteiger charge is 2.26. The van der Waals surface area contributed by atoms with Crippen LogP contribution in [0, 0.1) is 10.1 Å². The summed E-state index contributed by atoms with van der Waals surface area (Å²) in [5.41, 5.74) is 1.17. The number of benzene rings is 2. The number of ether oxygens (including phenoxy) is 1. The average molecular weight is 459 g/mol. The van der Waals surface area contributed by atoms with Gasteiger partial charge < -0.3 is 14.6 Å². The summed E-state index contributed by atoms with van der Waals surface area (Å²) in [6.45, 7) is -0.444. The van der Waals surface area contributed by atoms with Crippen molar-refractivity contribution in [1.82, 2.24) is 14.9 Å². The Morgan fingerprint density at radius 2 is 2.03 bits per heavy atom. The predicted molar refractivity (Wildman–Crippen MR) is 117 cm³/mol. The summed E-state index contributed by atoms with van der Waals surface area (Å²) < 4.78 is 32.5. The standard InChI is InChI=1S/C20H21N5O6S/c1-31-19-8-7-16(25(27)28)11-18(19)24(32(2,29)30)13-20(26)22-12-15-5-3-4-6-17(15)23-10-9-21-14-23/h3-11,14H,12-13H2,1-2H3,(H,22,26). The highest BCUT2D eigenvalue weighted by molar-refractivity contribution is 7.92. The minimum Gasteiger partial charge on any atom is -0.495 e. The van der Waals surface area contributed by atoms with E-state index in [1.54, 1.807) is 23.3 Å². The molecule has 1 heterocycles. The number of carbonyl (C=O) groups is 1. The maximum atomic E-state index is 12.7. The Bertz CT molecular complexity index is 1230. The van der Waals surface area contributed by atoms with Gasteiger partial charge in [0.2, 0.25) is 15.9 Å². The number of anilines is 1. The Hall–Kier alpha value is -3.93. The Morgan fingerprint density at radius 3 is 2.66 bits per heavy atom. The smallest absolute Gasteiger partial charge is 0.271 e. The van der Waals surface area contributed by atoms with E-state index in [0.29, 0.717) is 0 Å². The molecule has 0 fully saturated rings. The fourth-order valence-electron chi connectivity index (χ4n) is 3.06. The highest BCUT2D eigenvalue weighted by atomic mass is 32.2. The molecule has 0 aliphatic heterocycles. The third-order valence-electron chi connectivity index (χ3n) is 4.58. The van der Waals surface area contributed by atoms with E-state index in [1.807, 2.05) is 24.3 Å². The van der Waals surface area contributed by atoms with Crippen molar-refractivity contribution >= 4 is 27.3 Å². The lowest BCUT2D eigenvalue weighted by molar-refractivity contribution is -0.384. The molecule has 1 amide bonds. The third-order valence-corrected chi connectivity index (χ3v) is 5.71. The van der Waals surface area contributed by atoms with Crippen LogP contribution in [-0.4, -0.2) is 48.7 Å². The number of nitro groups is 1. The SMILES string of the molecule is COc1ccc([N+](=O)[O-])cc1N(CC(=O)NCc1ccccc1-n1ccnc1)S(C)(=O)=O. The van der Waals surface area contributed by atoms with E-state index in [2.05, 4.69) is 10.3 Å². The van der Waals surface area contributed by atoms with Crippen LogP contribution in [0.4, 0.5) is 11.4 Å². The number of sulfonamides is 1. The number of aromatic nitrogens is 2. The molecule has 2 aromatic carbocycles. The molecular weight excluding hydrogens is 438 g/mol. The number of hydrogen-bond donors (Lipinski definition) is 1. The number of hydrogen-bond acceptors (Lipinski definition) is 7. The molecule has 1 N–H and O–H groups in total. The fraction of sp³-hybridized carbons (Fsp3) is 0.200. The number of carbonyl (C=O) groups excluding carboxylic acids is 1. The molecule has 32 heavy (non-hydrogen) atoms. The van der Waals surface area contributed by atoms with Gasteiger partial charge >= 0.3 is 0 Å². The molecule has 0 atom stereocenters. The van der Waals surface area contributed by atoms with Gasteiger partial charge in [-0.15, -0.1) is 0 Å². The van der Waals surface area contributed by atoms with E-state index in [9.17, 15) is 23.3 Å². The number of non-ortho nitro benzene ring substituents is 1. The minimum atomic E-state index is -3.96. The van der Waals surface area contributed by atoms with Crippen molar-refractivity contribution in [3.8, 4) is 11.4 Å². The molecule has 12 heteroatoms. The first kappa shape index (κ1) is 22.7. The van der Waals surface area contributed by atoms with Crippen LogP contribution in [0.5, 0.6) is 5.75 Å². The van der Waals surface area contributed by atoms with Crippen molar-refractivity contribution in [2.24, 2.45) is 0 Å². The van der Waals surface area contributed by atoms with E-state index in [-0.39, 0.29) is 23.7 Å². The maximum absolute atomic E-state index is 12.7. The van der Waals surface area contributed by atoms with Gasteiger partial charge in [0.05, 0.1) is 30.3 Å². The number of amides is 1. The lowest BCUT2D eigenvalue weighted by atomic mass is 10.1.